The third-order valence-corrected chi connectivity index (χ3v) is 2.46. The van der Waals surface area contributed by atoms with Gasteiger partial charge in [-0.3, -0.25) is 0 Å². The van der Waals surface area contributed by atoms with Crippen molar-refractivity contribution in [2.24, 2.45) is 0 Å². The van der Waals surface area contributed by atoms with Crippen LogP contribution in [-0.2, 0) is 21.7 Å². The summed E-state index contributed by atoms with van der Waals surface area (Å²) in [5.74, 6) is 0. The van der Waals surface area contributed by atoms with Gasteiger partial charge in [-0.05, 0) is 13.1 Å². The average molecular weight is 451 g/mol. The van der Waals surface area contributed by atoms with Gasteiger partial charge in [-0.2, -0.15) is 36.4 Å². The summed E-state index contributed by atoms with van der Waals surface area (Å²) >= 11 is 0. The van der Waals surface area contributed by atoms with Crippen LogP contribution in [0.3, 0.4) is 0 Å². The summed E-state index contributed by atoms with van der Waals surface area (Å²) in [4.78, 5) is 0. The maximum Gasteiger partial charge on any atom is 0.00772 e. The first-order valence-corrected chi connectivity index (χ1v) is 6.66. The van der Waals surface area contributed by atoms with E-state index < -0.39 is 0 Å². The van der Waals surface area contributed by atoms with Gasteiger partial charge in [-0.1, -0.05) is 0 Å². The summed E-state index contributed by atoms with van der Waals surface area (Å²) < 4.78 is 0. The van der Waals surface area contributed by atoms with Crippen molar-refractivity contribution in [2.75, 3.05) is 52.4 Å². The standard InChI is InChI=1S/C8H19N4.C6H5.3CH3.3ClH.Ti/c1-2-10-5-6-12-8-7-11-4-3-9-1;1-2-4-6-5-3-1;;;;;;;/h9-11H,1-8H2;1-5H;3*1H3;3*1H;/q5*-1;;;;. The van der Waals surface area contributed by atoms with E-state index in [0.29, 0.717) is 0 Å². The molecular formula is C17H36Cl3N4Ti-5. The SMILES string of the molecule is C1CNCCNCCNCC[N-]1.Cl.Cl.Cl.[CH3-].[CH3-].[CH3-].[Ti].[c-]1ccccc1. The Morgan fingerprint density at radius 1 is 0.600 bits per heavy atom. The molecule has 1 fully saturated rings. The van der Waals surface area contributed by atoms with E-state index in [1.165, 1.54) is 0 Å². The monoisotopic (exact) mass is 449 g/mol. The molecule has 1 aliphatic rings. The van der Waals surface area contributed by atoms with Gasteiger partial charge in [0.15, 0.2) is 0 Å². The Morgan fingerprint density at radius 3 is 1.24 bits per heavy atom. The molecule has 0 aromatic heterocycles. The van der Waals surface area contributed by atoms with Crippen molar-refractivity contribution >= 4 is 37.2 Å². The van der Waals surface area contributed by atoms with Crippen LogP contribution in [0.25, 0.3) is 5.32 Å². The zero-order chi connectivity index (χ0) is 12.7. The molecule has 1 aliphatic heterocycles. The Labute approximate surface area is 190 Å². The van der Waals surface area contributed by atoms with Crippen LogP contribution in [-0.4, -0.2) is 52.4 Å². The van der Waals surface area contributed by atoms with Gasteiger partial charge in [0.05, 0.1) is 0 Å². The first kappa shape index (κ1) is 44.8. The summed E-state index contributed by atoms with van der Waals surface area (Å²) in [5.41, 5.74) is 0. The fourth-order valence-corrected chi connectivity index (χ4v) is 1.50. The predicted octanol–water partition coefficient (Wildman–Crippen LogP) is 3.24. The Hall–Kier alpha value is 0.644. The van der Waals surface area contributed by atoms with Gasteiger partial charge in [0.25, 0.3) is 0 Å². The molecule has 0 radical (unpaired) electrons. The van der Waals surface area contributed by atoms with Crippen molar-refractivity contribution < 1.29 is 21.7 Å². The molecule has 1 aromatic carbocycles. The molecule has 154 valence electrons. The van der Waals surface area contributed by atoms with Crippen LogP contribution in [0.15, 0.2) is 30.3 Å². The van der Waals surface area contributed by atoms with E-state index in [1.54, 1.807) is 0 Å². The number of hydrogen-bond acceptors (Lipinski definition) is 3. The number of benzene rings is 1. The van der Waals surface area contributed by atoms with E-state index in [4.69, 9.17) is 0 Å². The van der Waals surface area contributed by atoms with Crippen molar-refractivity contribution in [1.29, 1.82) is 0 Å². The second-order valence-corrected chi connectivity index (χ2v) is 4.00. The molecule has 0 spiro atoms. The van der Waals surface area contributed by atoms with E-state index in [9.17, 15) is 0 Å². The normalized spacial score (nSPS) is 13.4. The Balaban J connectivity index is -0.0000000446. The van der Waals surface area contributed by atoms with Gasteiger partial charge in [0.2, 0.25) is 0 Å². The molecule has 0 saturated carbocycles. The largest absolute Gasteiger partial charge is 0.660 e. The molecule has 1 saturated heterocycles. The zero-order valence-electron chi connectivity index (χ0n) is 15.7. The molecular weight excluding hydrogens is 414 g/mol. The summed E-state index contributed by atoms with van der Waals surface area (Å²) in [6.07, 6.45) is 0. The van der Waals surface area contributed by atoms with Gasteiger partial charge >= 0.3 is 0 Å². The summed E-state index contributed by atoms with van der Waals surface area (Å²) in [6.45, 7) is 8.14. The molecule has 4 nitrogen and oxygen atoms in total. The quantitative estimate of drug-likeness (QED) is 0.420. The smallest absolute Gasteiger partial charge is 0.00772 e. The first-order chi connectivity index (χ1) is 9.00. The average Bonchev–Trinajstić information content (AvgIpc) is 2.42. The second-order valence-electron chi connectivity index (χ2n) is 4.00. The van der Waals surface area contributed by atoms with Crippen molar-refractivity contribution in [3.8, 4) is 0 Å². The zero-order valence-corrected chi connectivity index (χ0v) is 19.7. The van der Waals surface area contributed by atoms with Gasteiger partial charge in [-0.25, -0.2) is 0 Å². The fraction of sp³-hybridized carbons (Fsp3) is 0.471. The Morgan fingerprint density at radius 2 is 0.960 bits per heavy atom. The number of halogens is 3. The summed E-state index contributed by atoms with van der Waals surface area (Å²) in [6, 6.07) is 12.5. The van der Waals surface area contributed by atoms with E-state index in [1.807, 2.05) is 30.3 Å². The van der Waals surface area contributed by atoms with E-state index in [2.05, 4.69) is 27.3 Å². The van der Waals surface area contributed by atoms with Crippen LogP contribution in [0, 0.1) is 28.3 Å². The second kappa shape index (κ2) is 39.6. The van der Waals surface area contributed by atoms with Crippen molar-refractivity contribution in [3.05, 3.63) is 64.0 Å². The minimum absolute atomic E-state index is 0. The van der Waals surface area contributed by atoms with Gasteiger partial charge in [0, 0.05) is 47.9 Å². The number of nitrogens with one attached hydrogen (secondary N) is 3. The molecule has 0 aliphatic carbocycles. The minimum atomic E-state index is 0. The third-order valence-electron chi connectivity index (χ3n) is 2.46. The van der Waals surface area contributed by atoms with Crippen LogP contribution >= 0.6 is 37.2 Å². The minimum Gasteiger partial charge on any atom is -0.660 e. The molecule has 25 heavy (non-hydrogen) atoms. The van der Waals surface area contributed by atoms with Gasteiger partial charge < -0.3 is 43.5 Å². The van der Waals surface area contributed by atoms with Gasteiger partial charge in [0.1, 0.15) is 0 Å². The number of hydrogen-bond donors (Lipinski definition) is 3. The Kier molecular flexibility index (Phi) is 71.0. The van der Waals surface area contributed by atoms with Gasteiger partial charge in [-0.15, -0.1) is 50.3 Å². The molecule has 3 N–H and O–H groups in total. The Bertz CT molecular complexity index is 204. The summed E-state index contributed by atoms with van der Waals surface area (Å²) in [5, 5.41) is 14.4. The first-order valence-electron chi connectivity index (χ1n) is 6.66. The molecule has 0 atom stereocenters. The summed E-state index contributed by atoms with van der Waals surface area (Å²) in [7, 11) is 0. The van der Waals surface area contributed by atoms with E-state index in [-0.39, 0.29) is 81.2 Å². The number of nitrogens with zero attached hydrogens (tertiary/aromatic N) is 1. The predicted molar refractivity (Wildman–Crippen MR) is 118 cm³/mol. The molecule has 8 heteroatoms. The maximum absolute atomic E-state index is 4.36. The van der Waals surface area contributed by atoms with Crippen LogP contribution in [0.2, 0.25) is 0 Å². The topological polar surface area (TPSA) is 50.2 Å². The van der Waals surface area contributed by atoms with E-state index in [0.717, 1.165) is 52.4 Å². The number of rotatable bonds is 0. The van der Waals surface area contributed by atoms with E-state index >= 15 is 0 Å². The van der Waals surface area contributed by atoms with Crippen molar-refractivity contribution in [3.63, 3.8) is 0 Å². The van der Waals surface area contributed by atoms with Crippen LogP contribution in [0.5, 0.6) is 0 Å². The van der Waals surface area contributed by atoms with Crippen LogP contribution in [0.4, 0.5) is 0 Å². The van der Waals surface area contributed by atoms with Crippen molar-refractivity contribution in [1.82, 2.24) is 16.0 Å². The van der Waals surface area contributed by atoms with Crippen LogP contribution in [0.1, 0.15) is 0 Å². The molecule has 0 unspecified atom stereocenters. The maximum atomic E-state index is 4.36. The molecule has 1 aromatic rings. The fourth-order valence-electron chi connectivity index (χ4n) is 1.50. The molecule has 0 amide bonds. The molecule has 1 heterocycles. The third kappa shape index (κ3) is 36.4. The molecule has 0 bridgehead atoms. The van der Waals surface area contributed by atoms with Crippen LogP contribution < -0.4 is 16.0 Å². The van der Waals surface area contributed by atoms with Crippen molar-refractivity contribution in [2.45, 2.75) is 0 Å². The molecule has 2 rings (SSSR count).